The van der Waals surface area contributed by atoms with Crippen LogP contribution in [0.1, 0.15) is 11.1 Å². The Morgan fingerprint density at radius 1 is 0.963 bits per heavy atom. The Balaban J connectivity index is 1.62. The third-order valence-electron chi connectivity index (χ3n) is 4.09. The summed E-state index contributed by atoms with van der Waals surface area (Å²) in [5, 5.41) is 14.1. The number of nitrogens with one attached hydrogen (secondary N) is 1. The number of rotatable bonds is 8. The third kappa shape index (κ3) is 4.98. The van der Waals surface area contributed by atoms with Gasteiger partial charge in [0, 0.05) is 29.9 Å². The lowest BCUT2D eigenvalue weighted by Gasteiger charge is -2.13. The zero-order valence-electron chi connectivity index (χ0n) is 14.9. The molecule has 0 aliphatic rings. The zero-order valence-corrected chi connectivity index (χ0v) is 14.9. The fourth-order valence-corrected chi connectivity index (χ4v) is 2.57. The minimum absolute atomic E-state index is 0.0721. The van der Waals surface area contributed by atoms with E-state index in [1.54, 1.807) is 19.2 Å². The molecule has 0 heterocycles. The lowest BCUT2D eigenvalue weighted by atomic mass is 10.2. The van der Waals surface area contributed by atoms with E-state index in [0.717, 1.165) is 28.3 Å². The molecule has 0 aromatic heterocycles. The van der Waals surface area contributed by atoms with Gasteiger partial charge in [-0.2, -0.15) is 0 Å². The maximum absolute atomic E-state index is 10.7. The molecule has 0 saturated heterocycles. The van der Waals surface area contributed by atoms with E-state index >= 15 is 0 Å². The molecule has 0 bridgehead atoms. The summed E-state index contributed by atoms with van der Waals surface area (Å²) in [5.74, 6) is 1.59. The van der Waals surface area contributed by atoms with Gasteiger partial charge in [-0.3, -0.25) is 10.1 Å². The molecule has 138 valence electrons. The number of non-ortho nitro benzene ring substituents is 1. The van der Waals surface area contributed by atoms with Crippen molar-refractivity contribution in [3.8, 4) is 11.5 Å². The average molecular weight is 364 g/mol. The first-order valence-electron chi connectivity index (χ1n) is 8.47. The number of benzene rings is 3. The highest BCUT2D eigenvalue weighted by molar-refractivity contribution is 5.48. The van der Waals surface area contributed by atoms with Crippen LogP contribution in [0.4, 0.5) is 11.4 Å². The number of hydrogen-bond acceptors (Lipinski definition) is 5. The molecule has 0 saturated carbocycles. The van der Waals surface area contributed by atoms with Crippen molar-refractivity contribution in [1.82, 2.24) is 0 Å². The van der Waals surface area contributed by atoms with E-state index in [9.17, 15) is 10.1 Å². The predicted octanol–water partition coefficient (Wildman–Crippen LogP) is 4.79. The molecule has 3 aromatic carbocycles. The molecular weight excluding hydrogens is 344 g/mol. The van der Waals surface area contributed by atoms with E-state index in [-0.39, 0.29) is 5.69 Å². The Kier molecular flexibility index (Phi) is 5.89. The van der Waals surface area contributed by atoms with Crippen molar-refractivity contribution in [3.05, 3.63) is 94.0 Å². The van der Waals surface area contributed by atoms with Crippen LogP contribution >= 0.6 is 0 Å². The summed E-state index contributed by atoms with van der Waals surface area (Å²) in [5.41, 5.74) is 2.96. The predicted molar refractivity (Wildman–Crippen MR) is 104 cm³/mol. The molecule has 0 aliphatic carbocycles. The molecule has 3 aromatic rings. The lowest BCUT2D eigenvalue weighted by molar-refractivity contribution is -0.384. The molecule has 0 unspecified atom stereocenters. The van der Waals surface area contributed by atoms with E-state index in [2.05, 4.69) is 5.32 Å². The van der Waals surface area contributed by atoms with Gasteiger partial charge in [-0.25, -0.2) is 0 Å². The maximum Gasteiger partial charge on any atom is 0.269 e. The smallest absolute Gasteiger partial charge is 0.269 e. The molecule has 3 rings (SSSR count). The molecule has 0 amide bonds. The second-order valence-electron chi connectivity index (χ2n) is 5.90. The monoisotopic (exact) mass is 364 g/mol. The van der Waals surface area contributed by atoms with Crippen LogP contribution in [0.15, 0.2) is 72.8 Å². The molecular formula is C21H20N2O4. The SMILES string of the molecule is COc1ccc(NCc2ccccc2OCc2ccc([N+](=O)[O-])cc2)cc1. The minimum Gasteiger partial charge on any atom is -0.497 e. The number of ether oxygens (including phenoxy) is 2. The Labute approximate surface area is 157 Å². The Hall–Kier alpha value is -3.54. The maximum atomic E-state index is 10.7. The van der Waals surface area contributed by atoms with Gasteiger partial charge in [0.05, 0.1) is 12.0 Å². The van der Waals surface area contributed by atoms with Crippen LogP contribution in [0, 0.1) is 10.1 Å². The first kappa shape index (κ1) is 18.3. The van der Waals surface area contributed by atoms with Crippen molar-refractivity contribution >= 4 is 11.4 Å². The van der Waals surface area contributed by atoms with Crippen LogP contribution in [-0.2, 0) is 13.2 Å². The fraction of sp³-hybridized carbons (Fsp3) is 0.143. The first-order valence-corrected chi connectivity index (χ1v) is 8.47. The van der Waals surface area contributed by atoms with Gasteiger partial charge in [-0.15, -0.1) is 0 Å². The lowest BCUT2D eigenvalue weighted by Crippen LogP contribution is -2.03. The summed E-state index contributed by atoms with van der Waals surface area (Å²) in [6.07, 6.45) is 0. The van der Waals surface area contributed by atoms with Gasteiger partial charge in [0.2, 0.25) is 0 Å². The Bertz CT molecular complexity index is 893. The van der Waals surface area contributed by atoms with Crippen LogP contribution in [0.25, 0.3) is 0 Å². The van der Waals surface area contributed by atoms with E-state index in [1.807, 2.05) is 48.5 Å². The topological polar surface area (TPSA) is 73.6 Å². The van der Waals surface area contributed by atoms with Crippen LogP contribution in [0.5, 0.6) is 11.5 Å². The highest BCUT2D eigenvalue weighted by atomic mass is 16.6. The van der Waals surface area contributed by atoms with E-state index < -0.39 is 4.92 Å². The molecule has 6 nitrogen and oxygen atoms in total. The molecule has 0 radical (unpaired) electrons. The van der Waals surface area contributed by atoms with Gasteiger partial charge in [-0.05, 0) is 48.0 Å². The number of para-hydroxylation sites is 1. The van der Waals surface area contributed by atoms with E-state index in [4.69, 9.17) is 9.47 Å². The minimum atomic E-state index is -0.412. The summed E-state index contributed by atoms with van der Waals surface area (Å²) in [4.78, 5) is 10.3. The standard InChI is InChI=1S/C21H20N2O4/c1-26-20-12-8-18(9-13-20)22-14-17-4-2-3-5-21(17)27-15-16-6-10-19(11-7-16)23(24)25/h2-13,22H,14-15H2,1H3. The molecule has 6 heteroatoms. The third-order valence-corrected chi connectivity index (χ3v) is 4.09. The first-order chi connectivity index (χ1) is 13.2. The van der Waals surface area contributed by atoms with E-state index in [0.29, 0.717) is 13.2 Å². The normalized spacial score (nSPS) is 10.3. The summed E-state index contributed by atoms with van der Waals surface area (Å²) in [6.45, 7) is 0.959. The van der Waals surface area contributed by atoms with E-state index in [1.165, 1.54) is 12.1 Å². The second kappa shape index (κ2) is 8.71. The van der Waals surface area contributed by atoms with Gasteiger partial charge in [0.25, 0.3) is 5.69 Å². The van der Waals surface area contributed by atoms with Crippen LogP contribution in [0.3, 0.4) is 0 Å². The number of nitro benzene ring substituents is 1. The number of anilines is 1. The largest absolute Gasteiger partial charge is 0.497 e. The summed E-state index contributed by atoms with van der Waals surface area (Å²) in [7, 11) is 1.64. The molecule has 27 heavy (non-hydrogen) atoms. The van der Waals surface area contributed by atoms with Crippen molar-refractivity contribution in [2.45, 2.75) is 13.2 Å². The summed E-state index contributed by atoms with van der Waals surface area (Å²) in [6, 6.07) is 21.9. The second-order valence-corrected chi connectivity index (χ2v) is 5.90. The Morgan fingerprint density at radius 2 is 1.67 bits per heavy atom. The molecule has 0 fully saturated rings. The molecule has 0 spiro atoms. The fourth-order valence-electron chi connectivity index (χ4n) is 2.57. The molecule has 1 N–H and O–H groups in total. The summed E-state index contributed by atoms with van der Waals surface area (Å²) < 4.78 is 11.1. The van der Waals surface area contributed by atoms with Crippen molar-refractivity contribution in [2.24, 2.45) is 0 Å². The average Bonchev–Trinajstić information content (AvgIpc) is 2.72. The van der Waals surface area contributed by atoms with Gasteiger partial charge >= 0.3 is 0 Å². The molecule has 0 aliphatic heterocycles. The Morgan fingerprint density at radius 3 is 2.33 bits per heavy atom. The van der Waals surface area contributed by atoms with Crippen molar-refractivity contribution in [2.75, 3.05) is 12.4 Å². The number of methoxy groups -OCH3 is 1. The zero-order chi connectivity index (χ0) is 19.1. The van der Waals surface area contributed by atoms with Crippen molar-refractivity contribution in [1.29, 1.82) is 0 Å². The quantitative estimate of drug-likeness (QED) is 0.459. The van der Waals surface area contributed by atoms with Crippen LogP contribution in [-0.4, -0.2) is 12.0 Å². The number of nitrogens with zero attached hydrogens (tertiary/aromatic N) is 1. The van der Waals surface area contributed by atoms with Gasteiger partial charge in [0.1, 0.15) is 18.1 Å². The van der Waals surface area contributed by atoms with Gasteiger partial charge < -0.3 is 14.8 Å². The molecule has 0 atom stereocenters. The van der Waals surface area contributed by atoms with Crippen molar-refractivity contribution < 1.29 is 14.4 Å². The van der Waals surface area contributed by atoms with Crippen LogP contribution < -0.4 is 14.8 Å². The highest BCUT2D eigenvalue weighted by Gasteiger charge is 2.06. The van der Waals surface area contributed by atoms with Gasteiger partial charge in [0.15, 0.2) is 0 Å². The van der Waals surface area contributed by atoms with Crippen LogP contribution in [0.2, 0.25) is 0 Å². The van der Waals surface area contributed by atoms with Gasteiger partial charge in [-0.1, -0.05) is 18.2 Å². The number of hydrogen-bond donors (Lipinski definition) is 1. The van der Waals surface area contributed by atoms with Crippen molar-refractivity contribution in [3.63, 3.8) is 0 Å². The summed E-state index contributed by atoms with van der Waals surface area (Å²) >= 11 is 0. The highest BCUT2D eigenvalue weighted by Crippen LogP contribution is 2.22. The number of nitro groups is 1.